The van der Waals surface area contributed by atoms with E-state index < -0.39 is 4.92 Å². The van der Waals surface area contributed by atoms with Crippen LogP contribution in [-0.2, 0) is 0 Å². The summed E-state index contributed by atoms with van der Waals surface area (Å²) in [4.78, 5) is 22.7. The van der Waals surface area contributed by atoms with E-state index in [1.165, 1.54) is 31.0 Å². The van der Waals surface area contributed by atoms with Crippen LogP contribution < -0.4 is 5.32 Å². The number of nitrogens with one attached hydrogen (secondary N) is 1. The number of nitro groups is 1. The molecule has 6 heteroatoms. The van der Waals surface area contributed by atoms with Crippen LogP contribution in [0.2, 0.25) is 0 Å². The summed E-state index contributed by atoms with van der Waals surface area (Å²) in [6.07, 6.45) is 5.43. The van der Waals surface area contributed by atoms with Crippen molar-refractivity contribution in [3.05, 3.63) is 39.9 Å². The molecule has 2 atom stereocenters. The van der Waals surface area contributed by atoms with E-state index in [1.807, 2.05) is 0 Å². The summed E-state index contributed by atoms with van der Waals surface area (Å²) in [5.41, 5.74) is 0.275. The van der Waals surface area contributed by atoms with Crippen LogP contribution in [0.1, 0.15) is 42.5 Å². The lowest BCUT2D eigenvalue weighted by atomic mass is 10.1. The highest BCUT2D eigenvalue weighted by Gasteiger charge is 2.23. The van der Waals surface area contributed by atoms with E-state index in [9.17, 15) is 14.9 Å². The zero-order valence-corrected chi connectivity index (χ0v) is 12.6. The van der Waals surface area contributed by atoms with Gasteiger partial charge in [-0.3, -0.25) is 14.9 Å². The normalized spacial score (nSPS) is 22.9. The Bertz CT molecular complexity index is 507. The number of carbonyl (C=O) groups is 1. The lowest BCUT2D eigenvalue weighted by Gasteiger charge is -2.21. The van der Waals surface area contributed by atoms with Crippen molar-refractivity contribution in [2.24, 2.45) is 0 Å². The van der Waals surface area contributed by atoms with E-state index >= 15 is 0 Å². The molecule has 0 bridgehead atoms. The zero-order chi connectivity index (χ0) is 14.5. The predicted octanol–water partition coefficient (Wildman–Crippen LogP) is 3.42. The fraction of sp³-hybridized carbons (Fsp3) is 0.500. The van der Waals surface area contributed by atoms with E-state index in [2.05, 4.69) is 21.2 Å². The predicted molar refractivity (Wildman–Crippen MR) is 80.2 cm³/mol. The summed E-state index contributed by atoms with van der Waals surface area (Å²) in [5, 5.41) is 13.7. The van der Waals surface area contributed by atoms with Gasteiger partial charge in [0.2, 0.25) is 0 Å². The Morgan fingerprint density at radius 3 is 2.80 bits per heavy atom. The molecule has 1 fully saturated rings. The number of hydrogen-bond donors (Lipinski definition) is 1. The molecule has 5 nitrogen and oxygen atoms in total. The van der Waals surface area contributed by atoms with E-state index in [0.29, 0.717) is 5.56 Å². The van der Waals surface area contributed by atoms with Gasteiger partial charge in [-0.1, -0.05) is 41.3 Å². The van der Waals surface area contributed by atoms with Crippen molar-refractivity contribution in [1.82, 2.24) is 5.32 Å². The van der Waals surface area contributed by atoms with Crippen molar-refractivity contribution in [1.29, 1.82) is 0 Å². The summed E-state index contributed by atoms with van der Waals surface area (Å²) >= 11 is 3.62. The first-order valence-electron chi connectivity index (χ1n) is 6.77. The maximum Gasteiger partial charge on any atom is 0.270 e. The highest BCUT2D eigenvalue weighted by Crippen LogP contribution is 2.24. The highest BCUT2D eigenvalue weighted by molar-refractivity contribution is 9.09. The third kappa shape index (κ3) is 3.79. The average Bonchev–Trinajstić information content (AvgIpc) is 2.64. The summed E-state index contributed by atoms with van der Waals surface area (Å²) in [6.45, 7) is 0. The Morgan fingerprint density at radius 1 is 1.30 bits per heavy atom. The molecule has 0 saturated heterocycles. The quantitative estimate of drug-likeness (QED) is 0.396. The van der Waals surface area contributed by atoms with Gasteiger partial charge in [-0.25, -0.2) is 0 Å². The largest absolute Gasteiger partial charge is 0.348 e. The topological polar surface area (TPSA) is 72.2 Å². The molecule has 1 aliphatic carbocycles. The summed E-state index contributed by atoms with van der Waals surface area (Å²) in [6, 6.07) is 5.92. The second kappa shape index (κ2) is 6.83. The molecule has 0 radical (unpaired) electrons. The lowest BCUT2D eigenvalue weighted by molar-refractivity contribution is -0.384. The van der Waals surface area contributed by atoms with Gasteiger partial charge in [-0.2, -0.15) is 0 Å². The molecule has 1 amide bonds. The first-order chi connectivity index (χ1) is 9.58. The molecule has 20 heavy (non-hydrogen) atoms. The molecular formula is C14H17BrN2O3. The number of rotatable bonds is 3. The second-order valence-corrected chi connectivity index (χ2v) is 6.22. The van der Waals surface area contributed by atoms with Gasteiger partial charge >= 0.3 is 0 Å². The average molecular weight is 341 g/mol. The first-order valence-corrected chi connectivity index (χ1v) is 7.69. The highest BCUT2D eigenvalue weighted by atomic mass is 79.9. The van der Waals surface area contributed by atoms with Gasteiger partial charge < -0.3 is 5.32 Å². The van der Waals surface area contributed by atoms with Crippen LogP contribution >= 0.6 is 15.9 Å². The lowest BCUT2D eigenvalue weighted by Crippen LogP contribution is -2.40. The number of hydrogen-bond acceptors (Lipinski definition) is 3. The smallest absolute Gasteiger partial charge is 0.270 e. The number of halogens is 1. The Morgan fingerprint density at radius 2 is 2.05 bits per heavy atom. The number of carbonyl (C=O) groups excluding carboxylic acids is 1. The number of non-ortho nitro benzene ring substituents is 1. The van der Waals surface area contributed by atoms with E-state index in [1.54, 1.807) is 6.07 Å². The molecule has 1 aromatic carbocycles. The van der Waals surface area contributed by atoms with E-state index in [0.717, 1.165) is 19.3 Å². The molecule has 2 unspecified atom stereocenters. The van der Waals surface area contributed by atoms with E-state index in [-0.39, 0.29) is 22.5 Å². The van der Waals surface area contributed by atoms with Gasteiger partial charge in [0.1, 0.15) is 0 Å². The molecule has 2 rings (SSSR count). The minimum absolute atomic E-state index is 0.0612. The van der Waals surface area contributed by atoms with Crippen molar-refractivity contribution in [3.8, 4) is 0 Å². The summed E-state index contributed by atoms with van der Waals surface area (Å²) in [5.74, 6) is -0.245. The van der Waals surface area contributed by atoms with Crippen LogP contribution in [0.15, 0.2) is 24.3 Å². The maximum atomic E-state index is 12.2. The molecule has 108 valence electrons. The number of alkyl halides is 1. The third-order valence-electron chi connectivity index (χ3n) is 3.57. The Hall–Kier alpha value is -1.43. The molecule has 1 saturated carbocycles. The van der Waals surface area contributed by atoms with Gasteiger partial charge in [0, 0.05) is 28.6 Å². The van der Waals surface area contributed by atoms with Gasteiger partial charge in [0.15, 0.2) is 0 Å². The maximum absolute atomic E-state index is 12.2. The number of benzene rings is 1. The fourth-order valence-electron chi connectivity index (χ4n) is 2.44. The Balaban J connectivity index is 2.07. The number of amides is 1. The van der Waals surface area contributed by atoms with Gasteiger partial charge in [-0.15, -0.1) is 0 Å². The van der Waals surface area contributed by atoms with Crippen LogP contribution in [-0.4, -0.2) is 21.7 Å². The monoisotopic (exact) mass is 340 g/mol. The summed E-state index contributed by atoms with van der Waals surface area (Å²) < 4.78 is 0. The molecule has 1 aromatic rings. The molecule has 0 spiro atoms. The van der Waals surface area contributed by atoms with Crippen LogP contribution in [0.3, 0.4) is 0 Å². The number of nitro benzene ring substituents is 1. The van der Waals surface area contributed by atoms with Crippen LogP contribution in [0.5, 0.6) is 0 Å². The third-order valence-corrected chi connectivity index (χ3v) is 4.66. The van der Waals surface area contributed by atoms with Gasteiger partial charge in [-0.05, 0) is 18.9 Å². The minimum Gasteiger partial charge on any atom is -0.348 e. The first kappa shape index (κ1) is 15.0. The minimum atomic E-state index is -0.490. The van der Waals surface area contributed by atoms with Crippen molar-refractivity contribution < 1.29 is 9.72 Å². The SMILES string of the molecule is O=C(NC1CCCCCC1Br)c1cccc([N+](=O)[O-])c1. The van der Waals surface area contributed by atoms with Crippen molar-refractivity contribution in [3.63, 3.8) is 0 Å². The van der Waals surface area contributed by atoms with Crippen LogP contribution in [0, 0.1) is 10.1 Å². The molecule has 0 aromatic heterocycles. The summed E-state index contributed by atoms with van der Waals surface area (Å²) in [7, 11) is 0. The molecule has 1 N–H and O–H groups in total. The molecule has 0 heterocycles. The standard InChI is InChI=1S/C14H17BrN2O3/c15-12-7-2-1-3-8-13(12)16-14(18)10-5-4-6-11(9-10)17(19)20/h4-6,9,12-13H,1-3,7-8H2,(H,16,18). The van der Waals surface area contributed by atoms with Crippen molar-refractivity contribution in [2.75, 3.05) is 0 Å². The van der Waals surface area contributed by atoms with E-state index in [4.69, 9.17) is 0 Å². The number of nitrogens with zero attached hydrogens (tertiary/aromatic N) is 1. The van der Waals surface area contributed by atoms with Crippen LogP contribution in [0.4, 0.5) is 5.69 Å². The second-order valence-electron chi connectivity index (χ2n) is 5.04. The van der Waals surface area contributed by atoms with Crippen molar-refractivity contribution >= 4 is 27.5 Å². The Kier molecular flexibility index (Phi) is 5.11. The molecular weight excluding hydrogens is 324 g/mol. The van der Waals surface area contributed by atoms with Crippen molar-refractivity contribution in [2.45, 2.75) is 43.0 Å². The van der Waals surface area contributed by atoms with Gasteiger partial charge in [0.05, 0.1) is 4.92 Å². The fourth-order valence-corrected chi connectivity index (χ4v) is 3.16. The zero-order valence-electron chi connectivity index (χ0n) is 11.0. The Labute approximate surface area is 126 Å². The van der Waals surface area contributed by atoms with Gasteiger partial charge in [0.25, 0.3) is 11.6 Å². The molecule has 0 aliphatic heterocycles. The van der Waals surface area contributed by atoms with Crippen LogP contribution in [0.25, 0.3) is 0 Å². The molecule has 1 aliphatic rings.